The molecule has 4 rings (SSSR count). The molecule has 0 aliphatic carbocycles. The van der Waals surface area contributed by atoms with Gasteiger partial charge in [0.2, 0.25) is 0 Å². The molecule has 1 atom stereocenters. The van der Waals surface area contributed by atoms with E-state index in [2.05, 4.69) is 5.32 Å². The first-order valence-electron chi connectivity index (χ1n) is 10.1. The van der Waals surface area contributed by atoms with Gasteiger partial charge in [-0.25, -0.2) is 4.79 Å². The first-order valence-corrected chi connectivity index (χ1v) is 10.1. The fraction of sp³-hybridized carbons (Fsp3) is 0.200. The van der Waals surface area contributed by atoms with Crippen molar-refractivity contribution in [3.05, 3.63) is 102 Å². The number of carbonyl (C=O) groups is 2. The lowest BCUT2D eigenvalue weighted by molar-refractivity contribution is -0.131. The Morgan fingerprint density at radius 2 is 1.40 bits per heavy atom. The van der Waals surface area contributed by atoms with Gasteiger partial charge in [-0.2, -0.15) is 0 Å². The van der Waals surface area contributed by atoms with Crippen molar-refractivity contribution in [2.75, 3.05) is 13.2 Å². The van der Waals surface area contributed by atoms with Crippen LogP contribution >= 0.6 is 0 Å². The normalized spacial score (nSPS) is 18.3. The van der Waals surface area contributed by atoms with Crippen LogP contribution in [0.3, 0.4) is 0 Å². The number of amides is 3. The molecule has 0 radical (unpaired) electrons. The lowest BCUT2D eigenvalue weighted by Crippen LogP contribution is -2.46. The van der Waals surface area contributed by atoms with E-state index < -0.39 is 5.54 Å². The van der Waals surface area contributed by atoms with Crippen molar-refractivity contribution < 1.29 is 14.3 Å². The molecule has 0 unspecified atom stereocenters. The molecule has 1 heterocycles. The fourth-order valence-corrected chi connectivity index (χ4v) is 3.80. The standard InChI is InChI=1S/C25H24N2O3/c28-23-25(21-13-6-2-7-14-21,19-20-11-4-1-5-12-20)26-24(29)27(23)17-10-18-30-22-15-8-3-9-16-22/h1-9,11-16H,10,17-19H2,(H,26,29)/t25-/m1/s1. The van der Waals surface area contributed by atoms with Crippen LogP contribution < -0.4 is 10.1 Å². The minimum absolute atomic E-state index is 0.220. The van der Waals surface area contributed by atoms with Gasteiger partial charge in [0.15, 0.2) is 5.54 Å². The third-order valence-corrected chi connectivity index (χ3v) is 5.29. The Morgan fingerprint density at radius 1 is 0.800 bits per heavy atom. The first-order chi connectivity index (χ1) is 14.7. The number of carbonyl (C=O) groups excluding carboxylic acids is 2. The minimum atomic E-state index is -1.10. The molecule has 0 saturated carbocycles. The number of benzene rings is 3. The van der Waals surface area contributed by atoms with Crippen molar-refractivity contribution in [1.82, 2.24) is 10.2 Å². The molecular weight excluding hydrogens is 376 g/mol. The SMILES string of the molecule is O=C1N[C@](Cc2ccccc2)(c2ccccc2)C(=O)N1CCCOc1ccccc1. The predicted octanol–water partition coefficient (Wildman–Crippen LogP) is 4.15. The second-order valence-corrected chi connectivity index (χ2v) is 7.34. The van der Waals surface area contributed by atoms with Gasteiger partial charge in [-0.3, -0.25) is 9.69 Å². The Bertz CT molecular complexity index is 993. The van der Waals surface area contributed by atoms with Gasteiger partial charge in [0.25, 0.3) is 5.91 Å². The van der Waals surface area contributed by atoms with Crippen LogP contribution in [0.25, 0.3) is 0 Å². The monoisotopic (exact) mass is 400 g/mol. The summed E-state index contributed by atoms with van der Waals surface area (Å²) in [4.78, 5) is 27.6. The molecule has 0 aromatic heterocycles. The zero-order valence-electron chi connectivity index (χ0n) is 16.7. The molecule has 1 N–H and O–H groups in total. The van der Waals surface area contributed by atoms with E-state index in [1.807, 2.05) is 91.0 Å². The van der Waals surface area contributed by atoms with E-state index in [-0.39, 0.29) is 11.9 Å². The number of hydrogen-bond donors (Lipinski definition) is 1. The molecule has 0 spiro atoms. The van der Waals surface area contributed by atoms with E-state index in [4.69, 9.17) is 4.74 Å². The predicted molar refractivity (Wildman–Crippen MR) is 115 cm³/mol. The molecule has 3 aromatic carbocycles. The highest BCUT2D eigenvalue weighted by molar-refractivity contribution is 6.07. The molecule has 5 heteroatoms. The largest absolute Gasteiger partial charge is 0.494 e. The Morgan fingerprint density at radius 3 is 2.07 bits per heavy atom. The van der Waals surface area contributed by atoms with E-state index in [1.165, 1.54) is 4.90 Å². The van der Waals surface area contributed by atoms with Gasteiger partial charge in [-0.15, -0.1) is 0 Å². The summed E-state index contributed by atoms with van der Waals surface area (Å²) in [5.41, 5.74) is 0.680. The van der Waals surface area contributed by atoms with Crippen molar-refractivity contribution >= 4 is 11.9 Å². The van der Waals surface area contributed by atoms with Gasteiger partial charge >= 0.3 is 6.03 Å². The van der Waals surface area contributed by atoms with Crippen molar-refractivity contribution in [2.45, 2.75) is 18.4 Å². The average Bonchev–Trinajstić information content (AvgIpc) is 3.03. The smallest absolute Gasteiger partial charge is 0.325 e. The Labute approximate surface area is 176 Å². The lowest BCUT2D eigenvalue weighted by atomic mass is 9.83. The molecule has 0 bridgehead atoms. The summed E-state index contributed by atoms with van der Waals surface area (Å²) in [6.45, 7) is 0.735. The number of ether oxygens (including phenoxy) is 1. The molecule has 1 aliphatic heterocycles. The van der Waals surface area contributed by atoms with Crippen molar-refractivity contribution in [2.24, 2.45) is 0 Å². The molecule has 1 saturated heterocycles. The lowest BCUT2D eigenvalue weighted by Gasteiger charge is -2.27. The number of hydrogen-bond acceptors (Lipinski definition) is 3. The van der Waals surface area contributed by atoms with Gasteiger partial charge in [0.1, 0.15) is 5.75 Å². The summed E-state index contributed by atoms with van der Waals surface area (Å²) in [5, 5.41) is 2.99. The summed E-state index contributed by atoms with van der Waals surface area (Å²) in [5.74, 6) is 0.555. The highest BCUT2D eigenvalue weighted by Crippen LogP contribution is 2.33. The number of nitrogens with zero attached hydrogens (tertiary/aromatic N) is 1. The van der Waals surface area contributed by atoms with E-state index in [9.17, 15) is 9.59 Å². The number of urea groups is 1. The fourth-order valence-electron chi connectivity index (χ4n) is 3.80. The third kappa shape index (κ3) is 4.06. The summed E-state index contributed by atoms with van der Waals surface area (Å²) < 4.78 is 5.70. The Balaban J connectivity index is 1.50. The summed E-state index contributed by atoms with van der Waals surface area (Å²) in [6, 6.07) is 28.4. The van der Waals surface area contributed by atoms with E-state index >= 15 is 0 Å². The molecular formula is C25H24N2O3. The highest BCUT2D eigenvalue weighted by atomic mass is 16.5. The minimum Gasteiger partial charge on any atom is -0.494 e. The maximum absolute atomic E-state index is 13.5. The van der Waals surface area contributed by atoms with Gasteiger partial charge < -0.3 is 10.1 Å². The van der Waals surface area contributed by atoms with Crippen molar-refractivity contribution in [3.63, 3.8) is 0 Å². The number of nitrogens with one attached hydrogen (secondary N) is 1. The van der Waals surface area contributed by atoms with Crippen molar-refractivity contribution in [1.29, 1.82) is 0 Å². The molecule has 1 fully saturated rings. The van der Waals surface area contributed by atoms with Crippen LogP contribution in [-0.4, -0.2) is 30.0 Å². The topological polar surface area (TPSA) is 58.6 Å². The van der Waals surface area contributed by atoms with Crippen LogP contribution in [0.1, 0.15) is 17.5 Å². The summed E-state index contributed by atoms with van der Waals surface area (Å²) >= 11 is 0. The van der Waals surface area contributed by atoms with Gasteiger partial charge in [-0.05, 0) is 29.7 Å². The van der Waals surface area contributed by atoms with Crippen LogP contribution in [0.15, 0.2) is 91.0 Å². The summed E-state index contributed by atoms with van der Waals surface area (Å²) in [6.07, 6.45) is 0.962. The Kier molecular flexibility index (Phi) is 5.80. The van der Waals surface area contributed by atoms with Gasteiger partial charge in [0, 0.05) is 13.0 Å². The van der Waals surface area contributed by atoms with Crippen LogP contribution in [0, 0.1) is 0 Å². The average molecular weight is 400 g/mol. The zero-order chi connectivity index (χ0) is 20.8. The van der Waals surface area contributed by atoms with Crippen LogP contribution in [0.2, 0.25) is 0 Å². The number of imide groups is 1. The maximum atomic E-state index is 13.5. The summed E-state index contributed by atoms with van der Waals surface area (Å²) in [7, 11) is 0. The van der Waals surface area contributed by atoms with E-state index in [0.29, 0.717) is 26.0 Å². The number of para-hydroxylation sites is 1. The molecule has 3 amide bonds. The molecule has 1 aliphatic rings. The number of rotatable bonds is 8. The van der Waals surface area contributed by atoms with E-state index in [0.717, 1.165) is 16.9 Å². The molecule has 30 heavy (non-hydrogen) atoms. The van der Waals surface area contributed by atoms with E-state index in [1.54, 1.807) is 0 Å². The van der Waals surface area contributed by atoms with Crippen LogP contribution in [-0.2, 0) is 16.8 Å². The molecule has 5 nitrogen and oxygen atoms in total. The molecule has 152 valence electrons. The zero-order valence-corrected chi connectivity index (χ0v) is 16.7. The quantitative estimate of drug-likeness (QED) is 0.457. The third-order valence-electron chi connectivity index (χ3n) is 5.29. The maximum Gasteiger partial charge on any atom is 0.325 e. The highest BCUT2D eigenvalue weighted by Gasteiger charge is 2.52. The second kappa shape index (κ2) is 8.82. The van der Waals surface area contributed by atoms with Crippen molar-refractivity contribution in [3.8, 4) is 5.75 Å². The Hall–Kier alpha value is -3.60. The van der Waals surface area contributed by atoms with Gasteiger partial charge in [0.05, 0.1) is 6.61 Å². The van der Waals surface area contributed by atoms with Crippen LogP contribution in [0.5, 0.6) is 5.75 Å². The first kappa shape index (κ1) is 19.7. The van der Waals surface area contributed by atoms with Gasteiger partial charge in [-0.1, -0.05) is 78.9 Å². The molecule has 3 aromatic rings. The second-order valence-electron chi connectivity index (χ2n) is 7.34. The van der Waals surface area contributed by atoms with Crippen LogP contribution in [0.4, 0.5) is 4.79 Å².